The Morgan fingerprint density at radius 3 is 2.22 bits per heavy atom. The van der Waals surface area contributed by atoms with Gasteiger partial charge in [-0.15, -0.1) is 0 Å². The summed E-state index contributed by atoms with van der Waals surface area (Å²) in [4.78, 5) is 8.15. The second kappa shape index (κ2) is 6.68. The van der Waals surface area contributed by atoms with Gasteiger partial charge in [0.25, 0.3) is 0 Å². The Bertz CT molecular complexity index is 1100. The molecule has 0 amide bonds. The van der Waals surface area contributed by atoms with Crippen LogP contribution in [0.1, 0.15) is 5.69 Å². The molecule has 4 aromatic rings. The van der Waals surface area contributed by atoms with Crippen molar-refractivity contribution in [2.24, 2.45) is 0 Å². The zero-order valence-corrected chi connectivity index (χ0v) is 15.6. The first-order chi connectivity index (χ1) is 13.2. The summed E-state index contributed by atoms with van der Waals surface area (Å²) in [5.74, 6) is 2.52. The molecule has 0 aliphatic carbocycles. The molecule has 7 heteroatoms. The highest BCUT2D eigenvalue weighted by Crippen LogP contribution is 2.39. The summed E-state index contributed by atoms with van der Waals surface area (Å²) in [6, 6.07) is 13.6. The molecule has 4 rings (SSSR count). The number of aromatic amines is 1. The Morgan fingerprint density at radius 2 is 1.56 bits per heavy atom. The number of ether oxygens (including phenoxy) is 3. The highest BCUT2D eigenvalue weighted by Gasteiger charge is 2.19. The SMILES string of the molecule is COc1cc(OC)c(-c2nc3c([nH]2)c(C)nn3-c2ccccc2)cc1OC. The summed E-state index contributed by atoms with van der Waals surface area (Å²) in [5, 5.41) is 4.61. The molecule has 2 heterocycles. The van der Waals surface area contributed by atoms with Crippen LogP contribution in [-0.2, 0) is 0 Å². The molecule has 2 aromatic heterocycles. The molecule has 1 N–H and O–H groups in total. The van der Waals surface area contributed by atoms with E-state index in [-0.39, 0.29) is 0 Å². The molecule has 0 fully saturated rings. The summed E-state index contributed by atoms with van der Waals surface area (Å²) in [6.07, 6.45) is 0. The van der Waals surface area contributed by atoms with Crippen LogP contribution in [0.4, 0.5) is 0 Å². The summed E-state index contributed by atoms with van der Waals surface area (Å²) in [5.41, 5.74) is 4.24. The van der Waals surface area contributed by atoms with Crippen molar-refractivity contribution in [3.8, 4) is 34.3 Å². The molecule has 2 aromatic carbocycles. The van der Waals surface area contributed by atoms with Crippen molar-refractivity contribution >= 4 is 11.2 Å². The lowest BCUT2D eigenvalue weighted by Crippen LogP contribution is -1.98. The third-order valence-electron chi connectivity index (χ3n) is 4.46. The van der Waals surface area contributed by atoms with Crippen LogP contribution in [0.5, 0.6) is 17.2 Å². The molecule has 138 valence electrons. The lowest BCUT2D eigenvalue weighted by Gasteiger charge is -2.12. The highest BCUT2D eigenvalue weighted by molar-refractivity contribution is 5.82. The number of para-hydroxylation sites is 1. The van der Waals surface area contributed by atoms with E-state index in [0.717, 1.165) is 28.1 Å². The van der Waals surface area contributed by atoms with Crippen molar-refractivity contribution in [1.29, 1.82) is 0 Å². The van der Waals surface area contributed by atoms with Crippen molar-refractivity contribution in [3.63, 3.8) is 0 Å². The monoisotopic (exact) mass is 364 g/mol. The smallest absolute Gasteiger partial charge is 0.181 e. The summed E-state index contributed by atoms with van der Waals surface area (Å²) in [7, 11) is 4.81. The Balaban J connectivity index is 1.91. The van der Waals surface area contributed by atoms with Gasteiger partial charge in [-0.3, -0.25) is 0 Å². The first kappa shape index (κ1) is 17.0. The molecule has 0 spiro atoms. The molecule has 0 atom stereocenters. The van der Waals surface area contributed by atoms with E-state index in [2.05, 4.69) is 10.1 Å². The van der Waals surface area contributed by atoms with Crippen LogP contribution < -0.4 is 14.2 Å². The number of hydrogen-bond acceptors (Lipinski definition) is 5. The van der Waals surface area contributed by atoms with E-state index < -0.39 is 0 Å². The number of benzene rings is 2. The van der Waals surface area contributed by atoms with Crippen LogP contribution in [0.25, 0.3) is 28.2 Å². The maximum absolute atomic E-state index is 5.54. The zero-order chi connectivity index (χ0) is 19.0. The molecule has 0 saturated carbocycles. The third-order valence-corrected chi connectivity index (χ3v) is 4.46. The molecular weight excluding hydrogens is 344 g/mol. The second-order valence-electron chi connectivity index (χ2n) is 6.02. The lowest BCUT2D eigenvalue weighted by atomic mass is 10.1. The standard InChI is InChI=1S/C20H20N4O3/c1-12-18-20(24(23-12)13-8-6-5-7-9-13)22-19(21-18)14-10-16(26-3)17(27-4)11-15(14)25-2/h5-11H,1-4H3,(H,21,22). The van der Waals surface area contributed by atoms with Gasteiger partial charge in [0.05, 0.1) is 38.3 Å². The predicted molar refractivity (Wildman–Crippen MR) is 103 cm³/mol. The number of imidazole rings is 1. The fraction of sp³-hybridized carbons (Fsp3) is 0.200. The van der Waals surface area contributed by atoms with Crippen LogP contribution in [0.2, 0.25) is 0 Å². The van der Waals surface area contributed by atoms with Crippen LogP contribution >= 0.6 is 0 Å². The van der Waals surface area contributed by atoms with Gasteiger partial charge in [-0.1, -0.05) is 18.2 Å². The average molecular weight is 364 g/mol. The van der Waals surface area contributed by atoms with Gasteiger partial charge >= 0.3 is 0 Å². The third kappa shape index (κ3) is 2.77. The van der Waals surface area contributed by atoms with Gasteiger partial charge in [0.15, 0.2) is 17.1 Å². The fourth-order valence-electron chi connectivity index (χ4n) is 3.11. The Labute approximate surface area is 156 Å². The van der Waals surface area contributed by atoms with E-state index in [0.29, 0.717) is 23.1 Å². The molecule has 0 unspecified atom stereocenters. The van der Waals surface area contributed by atoms with Crippen LogP contribution in [0, 0.1) is 6.92 Å². The van der Waals surface area contributed by atoms with Crippen LogP contribution in [0.15, 0.2) is 42.5 Å². The zero-order valence-electron chi connectivity index (χ0n) is 15.6. The summed E-state index contributed by atoms with van der Waals surface area (Å²) < 4.78 is 18.2. The fourth-order valence-corrected chi connectivity index (χ4v) is 3.11. The maximum atomic E-state index is 5.54. The number of nitrogens with zero attached hydrogens (tertiary/aromatic N) is 3. The number of H-pyrrole nitrogens is 1. The van der Waals surface area contributed by atoms with Crippen molar-refractivity contribution < 1.29 is 14.2 Å². The molecule has 0 saturated heterocycles. The van der Waals surface area contributed by atoms with E-state index in [4.69, 9.17) is 19.2 Å². The van der Waals surface area contributed by atoms with Crippen molar-refractivity contribution in [1.82, 2.24) is 19.7 Å². The minimum atomic E-state index is 0.598. The Morgan fingerprint density at radius 1 is 0.889 bits per heavy atom. The molecule has 7 nitrogen and oxygen atoms in total. The number of hydrogen-bond donors (Lipinski definition) is 1. The Kier molecular flexibility index (Phi) is 4.19. The summed E-state index contributed by atoms with van der Waals surface area (Å²) >= 11 is 0. The van der Waals surface area contributed by atoms with E-state index in [1.54, 1.807) is 27.4 Å². The van der Waals surface area contributed by atoms with Gasteiger partial charge in [-0.25, -0.2) is 9.67 Å². The van der Waals surface area contributed by atoms with Gasteiger partial charge in [-0.05, 0) is 25.1 Å². The lowest BCUT2D eigenvalue weighted by molar-refractivity contribution is 0.349. The van der Waals surface area contributed by atoms with Gasteiger partial charge in [0, 0.05) is 6.07 Å². The van der Waals surface area contributed by atoms with E-state index in [9.17, 15) is 0 Å². The number of fused-ring (bicyclic) bond motifs is 1. The van der Waals surface area contributed by atoms with E-state index in [1.165, 1.54) is 0 Å². The van der Waals surface area contributed by atoms with Gasteiger partial charge in [0.2, 0.25) is 0 Å². The molecule has 0 aliphatic rings. The largest absolute Gasteiger partial charge is 0.496 e. The average Bonchev–Trinajstić information content (AvgIpc) is 3.28. The Hall–Kier alpha value is -3.48. The predicted octanol–water partition coefficient (Wildman–Crippen LogP) is 3.75. The molecule has 0 bridgehead atoms. The van der Waals surface area contributed by atoms with Gasteiger partial charge in [0.1, 0.15) is 17.1 Å². The second-order valence-corrected chi connectivity index (χ2v) is 6.02. The molecule has 0 aliphatic heterocycles. The van der Waals surface area contributed by atoms with Crippen LogP contribution in [0.3, 0.4) is 0 Å². The molecule has 27 heavy (non-hydrogen) atoms. The maximum Gasteiger partial charge on any atom is 0.181 e. The number of rotatable bonds is 5. The number of nitrogens with one attached hydrogen (secondary N) is 1. The van der Waals surface area contributed by atoms with Crippen molar-refractivity contribution in [2.45, 2.75) is 6.92 Å². The van der Waals surface area contributed by atoms with Crippen molar-refractivity contribution in [2.75, 3.05) is 21.3 Å². The quantitative estimate of drug-likeness (QED) is 0.584. The van der Waals surface area contributed by atoms with Gasteiger partial charge in [-0.2, -0.15) is 5.10 Å². The highest BCUT2D eigenvalue weighted by atomic mass is 16.5. The van der Waals surface area contributed by atoms with Crippen molar-refractivity contribution in [3.05, 3.63) is 48.2 Å². The minimum absolute atomic E-state index is 0.598. The van der Waals surface area contributed by atoms with E-state index >= 15 is 0 Å². The topological polar surface area (TPSA) is 74.2 Å². The first-order valence-corrected chi connectivity index (χ1v) is 8.47. The normalized spacial score (nSPS) is 11.0. The number of methoxy groups -OCH3 is 3. The first-order valence-electron chi connectivity index (χ1n) is 8.47. The van der Waals surface area contributed by atoms with Gasteiger partial charge < -0.3 is 19.2 Å². The number of aromatic nitrogens is 4. The van der Waals surface area contributed by atoms with Crippen LogP contribution in [-0.4, -0.2) is 41.1 Å². The molecular formula is C20H20N4O3. The molecule has 0 radical (unpaired) electrons. The number of aryl methyl sites for hydroxylation is 1. The summed E-state index contributed by atoms with van der Waals surface area (Å²) in [6.45, 7) is 1.95. The minimum Gasteiger partial charge on any atom is -0.496 e. The van der Waals surface area contributed by atoms with E-state index in [1.807, 2.05) is 48.0 Å².